The van der Waals surface area contributed by atoms with Gasteiger partial charge in [-0.25, -0.2) is 0 Å². The predicted octanol–water partition coefficient (Wildman–Crippen LogP) is 4.21. The van der Waals surface area contributed by atoms with Crippen LogP contribution >= 0.6 is 0 Å². The first kappa shape index (κ1) is 14.6. The zero-order valence-electron chi connectivity index (χ0n) is 13.2. The highest BCUT2D eigenvalue weighted by Gasteiger charge is 2.33. The lowest BCUT2D eigenvalue weighted by Crippen LogP contribution is -2.49. The highest BCUT2D eigenvalue weighted by Crippen LogP contribution is 2.41. The van der Waals surface area contributed by atoms with Gasteiger partial charge in [-0.05, 0) is 70.4 Å². The van der Waals surface area contributed by atoms with E-state index in [0.717, 1.165) is 11.1 Å². The van der Waals surface area contributed by atoms with E-state index in [1.165, 1.54) is 23.0 Å². The number of nitrogens with zero attached hydrogens (tertiary/aromatic N) is 2. The summed E-state index contributed by atoms with van der Waals surface area (Å²) in [5.41, 5.74) is 5.84. The van der Waals surface area contributed by atoms with Gasteiger partial charge >= 0.3 is 0 Å². The molecule has 0 amide bonds. The van der Waals surface area contributed by atoms with Crippen LogP contribution in [0, 0.1) is 6.92 Å². The van der Waals surface area contributed by atoms with Crippen molar-refractivity contribution in [1.29, 1.82) is 0 Å². The van der Waals surface area contributed by atoms with Crippen LogP contribution in [0.5, 0.6) is 0 Å². The van der Waals surface area contributed by atoms with E-state index in [0.29, 0.717) is 6.04 Å². The molecule has 0 radical (unpaired) electrons. The van der Waals surface area contributed by atoms with Crippen molar-refractivity contribution in [2.45, 2.75) is 53.1 Å². The first-order valence-electron chi connectivity index (χ1n) is 7.09. The molecule has 20 heavy (non-hydrogen) atoms. The minimum absolute atomic E-state index is 0.00424. The summed E-state index contributed by atoms with van der Waals surface area (Å²) in [4.78, 5) is 2.45. The monoisotopic (exact) mass is 272 g/mol. The van der Waals surface area contributed by atoms with Gasteiger partial charge in [0.05, 0.1) is 11.8 Å². The fraction of sp³-hybridized carbons (Fsp3) is 0.471. The number of fused-ring (bicyclic) bond motifs is 1. The van der Waals surface area contributed by atoms with E-state index in [9.17, 15) is 0 Å². The van der Waals surface area contributed by atoms with Gasteiger partial charge in [-0.15, -0.1) is 0 Å². The molecular formula is C17H24N2O. The zero-order valence-corrected chi connectivity index (χ0v) is 13.2. The van der Waals surface area contributed by atoms with Crippen molar-refractivity contribution in [2.75, 3.05) is 4.90 Å². The molecule has 0 aromatic heterocycles. The number of benzene rings is 1. The SMILES string of the molecule is CC1=CC(C)(C)N(C(C)C)c2cc(C)c(C=NO)cc21. The molecule has 0 atom stereocenters. The van der Waals surface area contributed by atoms with Crippen LogP contribution in [0.25, 0.3) is 5.57 Å². The minimum atomic E-state index is 0.00424. The van der Waals surface area contributed by atoms with E-state index in [-0.39, 0.29) is 5.54 Å². The Morgan fingerprint density at radius 3 is 2.45 bits per heavy atom. The van der Waals surface area contributed by atoms with Crippen molar-refractivity contribution in [3.63, 3.8) is 0 Å². The van der Waals surface area contributed by atoms with Gasteiger partial charge in [-0.1, -0.05) is 11.2 Å². The molecule has 0 saturated heterocycles. The highest BCUT2D eigenvalue weighted by atomic mass is 16.4. The molecule has 3 nitrogen and oxygen atoms in total. The van der Waals surface area contributed by atoms with Gasteiger partial charge in [0.2, 0.25) is 0 Å². The van der Waals surface area contributed by atoms with Gasteiger partial charge < -0.3 is 10.1 Å². The molecule has 3 heteroatoms. The number of hydrogen-bond acceptors (Lipinski definition) is 3. The number of hydrogen-bond donors (Lipinski definition) is 1. The van der Waals surface area contributed by atoms with Crippen LogP contribution in [-0.2, 0) is 0 Å². The smallest absolute Gasteiger partial charge is 0.0736 e. The quantitative estimate of drug-likeness (QED) is 0.497. The van der Waals surface area contributed by atoms with Crippen LogP contribution in [-0.4, -0.2) is 23.0 Å². The van der Waals surface area contributed by atoms with Gasteiger partial charge in [0.25, 0.3) is 0 Å². The molecule has 0 fully saturated rings. The predicted molar refractivity (Wildman–Crippen MR) is 85.9 cm³/mol. The van der Waals surface area contributed by atoms with Crippen LogP contribution in [0.1, 0.15) is 51.3 Å². The van der Waals surface area contributed by atoms with Crippen molar-refractivity contribution < 1.29 is 5.21 Å². The molecule has 0 spiro atoms. The molecule has 1 aliphatic rings. The molecule has 0 bridgehead atoms. The summed E-state index contributed by atoms with van der Waals surface area (Å²) in [7, 11) is 0. The second kappa shape index (κ2) is 4.97. The van der Waals surface area contributed by atoms with Crippen molar-refractivity contribution in [1.82, 2.24) is 0 Å². The third-order valence-electron chi connectivity index (χ3n) is 3.97. The van der Waals surface area contributed by atoms with Gasteiger partial charge in [0, 0.05) is 17.3 Å². The Kier molecular flexibility index (Phi) is 3.63. The van der Waals surface area contributed by atoms with E-state index in [2.05, 4.69) is 69.8 Å². The maximum Gasteiger partial charge on any atom is 0.0736 e. The fourth-order valence-corrected chi connectivity index (χ4v) is 3.36. The summed E-state index contributed by atoms with van der Waals surface area (Å²) in [6.07, 6.45) is 3.81. The molecule has 2 rings (SSSR count). The maximum atomic E-state index is 8.78. The van der Waals surface area contributed by atoms with E-state index < -0.39 is 0 Å². The van der Waals surface area contributed by atoms with Gasteiger partial charge in [0.15, 0.2) is 0 Å². The lowest BCUT2D eigenvalue weighted by Gasteiger charge is -2.46. The molecule has 1 heterocycles. The molecule has 1 aromatic carbocycles. The van der Waals surface area contributed by atoms with E-state index in [1.54, 1.807) is 0 Å². The van der Waals surface area contributed by atoms with Gasteiger partial charge in [0.1, 0.15) is 0 Å². The lowest BCUT2D eigenvalue weighted by molar-refractivity contribution is 0.322. The molecule has 1 aromatic rings. The van der Waals surface area contributed by atoms with Gasteiger partial charge in [-0.3, -0.25) is 0 Å². The normalized spacial score (nSPS) is 17.6. The molecule has 108 valence electrons. The number of oxime groups is 1. The topological polar surface area (TPSA) is 35.8 Å². The first-order valence-corrected chi connectivity index (χ1v) is 7.09. The lowest BCUT2D eigenvalue weighted by atomic mass is 9.86. The summed E-state index contributed by atoms with van der Waals surface area (Å²) in [6.45, 7) is 13.1. The Balaban J connectivity index is 2.70. The number of aryl methyl sites for hydroxylation is 1. The number of allylic oxidation sites excluding steroid dienone is 1. The van der Waals surface area contributed by atoms with E-state index >= 15 is 0 Å². The Bertz CT molecular complexity index is 583. The average molecular weight is 272 g/mol. The van der Waals surface area contributed by atoms with Crippen LogP contribution in [0.3, 0.4) is 0 Å². The van der Waals surface area contributed by atoms with Crippen LogP contribution in [0.2, 0.25) is 0 Å². The number of rotatable bonds is 2. The Morgan fingerprint density at radius 2 is 1.90 bits per heavy atom. The van der Waals surface area contributed by atoms with E-state index in [4.69, 9.17) is 5.21 Å². The second-order valence-corrected chi connectivity index (χ2v) is 6.42. The summed E-state index contributed by atoms with van der Waals surface area (Å²) in [5, 5.41) is 11.9. The third kappa shape index (κ3) is 2.33. The van der Waals surface area contributed by atoms with Crippen molar-refractivity contribution in [3.05, 3.63) is 34.9 Å². The maximum absolute atomic E-state index is 8.78. The second-order valence-electron chi connectivity index (χ2n) is 6.42. The zero-order chi connectivity index (χ0) is 15.1. The summed E-state index contributed by atoms with van der Waals surface area (Å²) in [6, 6.07) is 4.73. The molecular weight excluding hydrogens is 248 g/mol. The van der Waals surface area contributed by atoms with E-state index in [1.807, 2.05) is 0 Å². The Morgan fingerprint density at radius 1 is 1.25 bits per heavy atom. The van der Waals surface area contributed by atoms with Crippen LogP contribution in [0.4, 0.5) is 5.69 Å². The molecule has 1 N–H and O–H groups in total. The molecule has 0 saturated carbocycles. The molecule has 0 aliphatic carbocycles. The first-order chi connectivity index (χ1) is 9.27. The Hall–Kier alpha value is -1.77. The summed E-state index contributed by atoms with van der Waals surface area (Å²) in [5.74, 6) is 0. The van der Waals surface area contributed by atoms with Crippen LogP contribution < -0.4 is 4.90 Å². The van der Waals surface area contributed by atoms with Crippen molar-refractivity contribution >= 4 is 17.5 Å². The van der Waals surface area contributed by atoms with Crippen LogP contribution in [0.15, 0.2) is 23.4 Å². The molecule has 0 unspecified atom stereocenters. The highest BCUT2D eigenvalue weighted by molar-refractivity contribution is 5.89. The van der Waals surface area contributed by atoms with Crippen molar-refractivity contribution in [3.8, 4) is 0 Å². The number of anilines is 1. The summed E-state index contributed by atoms with van der Waals surface area (Å²) >= 11 is 0. The van der Waals surface area contributed by atoms with Gasteiger partial charge in [-0.2, -0.15) is 0 Å². The standard InChI is InChI=1S/C17H24N2O/c1-11(2)19-16-7-12(3)14(10-18-20)8-15(16)13(4)9-17(19,5)6/h7-11,20H,1-6H3. The largest absolute Gasteiger partial charge is 0.411 e. The minimum Gasteiger partial charge on any atom is -0.411 e. The third-order valence-corrected chi connectivity index (χ3v) is 3.97. The molecule has 1 aliphatic heterocycles. The fourth-order valence-electron chi connectivity index (χ4n) is 3.36. The average Bonchev–Trinajstić information content (AvgIpc) is 2.29. The van der Waals surface area contributed by atoms with Crippen molar-refractivity contribution in [2.24, 2.45) is 5.16 Å². The Labute approximate surface area is 121 Å². The summed E-state index contributed by atoms with van der Waals surface area (Å²) < 4.78 is 0.